The second kappa shape index (κ2) is 28.6. The molecule has 6 aromatic heterocycles. The number of nitrogens with zero attached hydrogens (tertiary/aromatic N) is 6. The fourth-order valence-electron chi connectivity index (χ4n) is 13.3. The zero-order valence-electron chi connectivity index (χ0n) is 56.3. The summed E-state index contributed by atoms with van der Waals surface area (Å²) in [4.78, 5) is 26.8. The third-order valence-electron chi connectivity index (χ3n) is 19.0. The summed E-state index contributed by atoms with van der Waals surface area (Å²) in [5.41, 5.74) is 22.4. The second-order valence-corrected chi connectivity index (χ2v) is 25.7. The Morgan fingerprint density at radius 2 is 0.433 bits per heavy atom. The van der Waals surface area contributed by atoms with Crippen molar-refractivity contribution in [2.75, 3.05) is 0 Å². The molecule has 104 heavy (non-hydrogen) atoms. The van der Waals surface area contributed by atoms with Crippen LogP contribution in [0.5, 0.6) is 23.3 Å². The minimum atomic E-state index is -4.67. The largest absolute Gasteiger partial charge is 0.439 e. The maximum absolute atomic E-state index is 15.5. The summed E-state index contributed by atoms with van der Waals surface area (Å²) < 4.78 is 58.8. The average molecular weight is 1350 g/mol. The van der Waals surface area contributed by atoms with Crippen LogP contribution in [0.1, 0.15) is 18.1 Å². The lowest BCUT2D eigenvalue weighted by Crippen LogP contribution is -2.40. The van der Waals surface area contributed by atoms with Crippen LogP contribution in [0.25, 0.3) is 134 Å². The van der Waals surface area contributed by atoms with Crippen molar-refractivity contribution in [3.05, 3.63) is 376 Å². The van der Waals surface area contributed by atoms with E-state index in [1.165, 1.54) is 31.2 Å². The molecule has 0 aliphatic rings. The second-order valence-electron chi connectivity index (χ2n) is 25.7. The predicted molar refractivity (Wildman–Crippen MR) is 410 cm³/mol. The number of alkyl halides is 3. The van der Waals surface area contributed by atoms with E-state index in [1.54, 1.807) is 73.6 Å². The molecule has 11 heteroatoms. The lowest BCUT2D eigenvalue weighted by Gasteiger charge is -2.33. The average Bonchev–Trinajstić information content (AvgIpc) is 0.755. The van der Waals surface area contributed by atoms with Gasteiger partial charge in [0, 0.05) is 107 Å². The van der Waals surface area contributed by atoms with E-state index in [0.29, 0.717) is 11.5 Å². The monoisotopic (exact) mass is 1350 g/mol. The topological polar surface area (TPSA) is 95.8 Å². The van der Waals surface area contributed by atoms with Crippen molar-refractivity contribution in [2.24, 2.45) is 0 Å². The Labute approximate surface area is 600 Å². The highest BCUT2D eigenvalue weighted by Gasteiger charge is 2.53. The first-order chi connectivity index (χ1) is 51.0. The van der Waals surface area contributed by atoms with Gasteiger partial charge in [0.25, 0.3) is 0 Å². The Morgan fingerprint density at radius 1 is 0.221 bits per heavy atom. The minimum absolute atomic E-state index is 0.0380. The molecule has 0 saturated carbocycles. The maximum Gasteiger partial charge on any atom is 0.402 e. The number of benzene rings is 10. The van der Waals surface area contributed by atoms with Gasteiger partial charge in [0.15, 0.2) is 0 Å². The number of aromatic nitrogens is 6. The number of pyridine rings is 6. The molecule has 0 spiro atoms. The fourth-order valence-corrected chi connectivity index (χ4v) is 13.3. The molecule has 0 radical (unpaired) electrons. The molecule has 0 bridgehead atoms. The third kappa shape index (κ3) is 14.1. The number of hydrogen-bond donors (Lipinski definition) is 0. The lowest BCUT2D eigenvalue weighted by molar-refractivity contribution is -0.173. The van der Waals surface area contributed by atoms with Crippen LogP contribution in [0.3, 0.4) is 0 Å². The van der Waals surface area contributed by atoms with Crippen LogP contribution in [0, 0.1) is 0 Å². The zero-order valence-corrected chi connectivity index (χ0v) is 56.3. The summed E-state index contributed by atoms with van der Waals surface area (Å²) in [5.74, 6) is 1.25. The Hall–Kier alpha value is -13.5. The van der Waals surface area contributed by atoms with Crippen molar-refractivity contribution in [3.8, 4) is 157 Å². The van der Waals surface area contributed by atoms with Crippen LogP contribution in [0.2, 0.25) is 0 Å². The first kappa shape index (κ1) is 65.1. The Balaban J connectivity index is 0.605. The molecule has 6 heterocycles. The van der Waals surface area contributed by atoms with Crippen LogP contribution >= 0.6 is 0 Å². The molecule has 10 aromatic carbocycles. The highest BCUT2D eigenvalue weighted by Crippen LogP contribution is 2.48. The molecule has 8 nitrogen and oxygen atoms in total. The summed E-state index contributed by atoms with van der Waals surface area (Å²) in [6, 6.07) is 99.6. The minimum Gasteiger partial charge on any atom is -0.439 e. The number of rotatable bonds is 18. The quantitative estimate of drug-likeness (QED) is 0.0838. The molecule has 0 atom stereocenters. The highest BCUT2D eigenvalue weighted by atomic mass is 19.4. The van der Waals surface area contributed by atoms with E-state index >= 15 is 13.2 Å². The lowest BCUT2D eigenvalue weighted by atomic mass is 9.75. The summed E-state index contributed by atoms with van der Waals surface area (Å²) in [5, 5.41) is 0. The molecule has 16 rings (SSSR count). The normalized spacial score (nSPS) is 11.5. The van der Waals surface area contributed by atoms with Crippen LogP contribution in [-0.4, -0.2) is 36.1 Å². The van der Waals surface area contributed by atoms with Gasteiger partial charge in [-0.25, -0.2) is 9.97 Å². The molecule has 0 fully saturated rings. The smallest absolute Gasteiger partial charge is 0.402 e. The molecule has 0 amide bonds. The van der Waals surface area contributed by atoms with Crippen molar-refractivity contribution in [2.45, 2.75) is 18.5 Å². The fraction of sp³-hybridized carbons (Fsp3) is 0.0323. The molecular weight excluding hydrogens is 1290 g/mol. The standard InChI is InChI=1S/C93H63F3N6O2/c1-92(93(94,95)96,86-30-34-88(35-31-86)103-90-38-28-78(60-101-90)66-16-6-22-72(48-66)84-52-80(68-18-2-12-62(44-68)74-24-8-40-97-56-74)50-81(53-84)69-19-3-13-63(45-69)75-25-9-41-98-57-75)87-32-36-89(37-33-87)104-91-39-29-79(61-102-91)67-17-7-23-73(49-67)85-54-82(70-20-4-14-64(46-70)76-26-10-42-99-58-76)51-83(55-85)71-21-5-15-65(47-71)77-27-11-43-100-59-77/h2-61H,1H3. The van der Waals surface area contributed by atoms with Gasteiger partial charge in [0.05, 0.1) is 0 Å². The van der Waals surface area contributed by atoms with Crippen molar-refractivity contribution >= 4 is 0 Å². The van der Waals surface area contributed by atoms with Gasteiger partial charge >= 0.3 is 6.18 Å². The van der Waals surface area contributed by atoms with E-state index in [4.69, 9.17) is 9.47 Å². The van der Waals surface area contributed by atoms with Crippen molar-refractivity contribution in [1.29, 1.82) is 0 Å². The Kier molecular flexibility index (Phi) is 17.9. The maximum atomic E-state index is 15.5. The van der Waals surface area contributed by atoms with Gasteiger partial charge in [-0.15, -0.1) is 0 Å². The van der Waals surface area contributed by atoms with E-state index in [1.807, 2.05) is 85.5 Å². The van der Waals surface area contributed by atoms with E-state index < -0.39 is 11.6 Å². The molecule has 16 aromatic rings. The SMILES string of the molecule is CC(c1ccc(Oc2ccc(-c3cccc(-c4cc(-c5cccc(-c6cccnc6)c5)cc(-c5cccc(-c6cccnc6)c5)c4)c3)cn2)cc1)(c1ccc(Oc2ccc(-c3cccc(-c4cc(-c5cccc(-c6cccnc6)c5)cc(-c5cccc(-c6cccnc6)c5)c4)c3)cn2)cc1)C(F)(F)F. The van der Waals surface area contributed by atoms with Crippen LogP contribution in [0.4, 0.5) is 13.2 Å². The molecule has 0 unspecified atom stereocenters. The van der Waals surface area contributed by atoms with Crippen molar-refractivity contribution < 1.29 is 22.6 Å². The van der Waals surface area contributed by atoms with Gasteiger partial charge in [-0.05, 0) is 252 Å². The Bertz CT molecular complexity index is 5160. The summed E-state index contributed by atoms with van der Waals surface area (Å²) in [6.45, 7) is 1.19. The zero-order chi connectivity index (χ0) is 70.4. The van der Waals surface area contributed by atoms with E-state index in [9.17, 15) is 0 Å². The molecule has 0 aliphatic carbocycles. The highest BCUT2D eigenvalue weighted by molar-refractivity contribution is 5.88. The molecular formula is C93H63F3N6O2. The molecule has 498 valence electrons. The molecule has 0 aliphatic heterocycles. The van der Waals surface area contributed by atoms with Gasteiger partial charge in [-0.2, -0.15) is 13.2 Å². The first-order valence-electron chi connectivity index (χ1n) is 34.1. The van der Waals surface area contributed by atoms with Gasteiger partial charge in [-0.3, -0.25) is 19.9 Å². The predicted octanol–water partition coefficient (Wildman–Crippen LogP) is 24.5. The van der Waals surface area contributed by atoms with E-state index in [2.05, 4.69) is 212 Å². The van der Waals surface area contributed by atoms with Crippen LogP contribution in [-0.2, 0) is 5.41 Å². The van der Waals surface area contributed by atoms with Crippen LogP contribution < -0.4 is 9.47 Å². The molecule has 0 N–H and O–H groups in total. The summed E-state index contributed by atoms with van der Waals surface area (Å²) in [6.07, 6.45) is 13.4. The van der Waals surface area contributed by atoms with E-state index in [0.717, 1.165) is 134 Å². The van der Waals surface area contributed by atoms with Crippen LogP contribution in [0.15, 0.2) is 365 Å². The third-order valence-corrected chi connectivity index (χ3v) is 19.0. The molecule has 0 saturated heterocycles. The van der Waals surface area contributed by atoms with Gasteiger partial charge in [0.2, 0.25) is 11.8 Å². The van der Waals surface area contributed by atoms with Gasteiger partial charge < -0.3 is 9.47 Å². The first-order valence-corrected chi connectivity index (χ1v) is 34.1. The summed E-state index contributed by atoms with van der Waals surface area (Å²) in [7, 11) is 0. The van der Waals surface area contributed by atoms with Gasteiger partial charge in [0.1, 0.15) is 16.9 Å². The van der Waals surface area contributed by atoms with Crippen molar-refractivity contribution in [3.63, 3.8) is 0 Å². The number of halogens is 3. The number of ether oxygens (including phenoxy) is 2. The number of hydrogen-bond acceptors (Lipinski definition) is 8. The van der Waals surface area contributed by atoms with Crippen molar-refractivity contribution in [1.82, 2.24) is 29.9 Å². The Morgan fingerprint density at radius 3 is 0.635 bits per heavy atom. The van der Waals surface area contributed by atoms with E-state index in [-0.39, 0.29) is 22.9 Å². The summed E-state index contributed by atoms with van der Waals surface area (Å²) >= 11 is 0. The van der Waals surface area contributed by atoms with Gasteiger partial charge in [-0.1, -0.05) is 158 Å².